The van der Waals surface area contributed by atoms with Crippen molar-refractivity contribution in [3.63, 3.8) is 0 Å². The maximum atomic E-state index is 3.81. The normalized spacial score (nSPS) is 29.2. The molecule has 1 N–H and O–H groups in total. The van der Waals surface area contributed by atoms with Crippen molar-refractivity contribution in [3.8, 4) is 0 Å². The first-order valence-corrected chi connectivity index (χ1v) is 7.40. The van der Waals surface area contributed by atoms with E-state index < -0.39 is 0 Å². The first-order valence-electron chi connectivity index (χ1n) is 7.40. The molecule has 0 amide bonds. The Hall–Kier alpha value is -0.0400. The lowest BCUT2D eigenvalue weighted by Crippen LogP contribution is -2.34. The lowest BCUT2D eigenvalue weighted by molar-refractivity contribution is 0.329. The number of rotatable bonds is 7. The van der Waals surface area contributed by atoms with Gasteiger partial charge < -0.3 is 5.32 Å². The number of hydrogen-bond acceptors (Lipinski definition) is 1. The summed E-state index contributed by atoms with van der Waals surface area (Å²) in [6.07, 6.45) is 8.32. The fraction of sp³-hybridized carbons (Fsp3) is 1.00. The van der Waals surface area contributed by atoms with Crippen molar-refractivity contribution in [3.05, 3.63) is 0 Å². The van der Waals surface area contributed by atoms with E-state index in [4.69, 9.17) is 0 Å². The molecule has 0 saturated heterocycles. The molecular formula is C15H31N. The van der Waals surface area contributed by atoms with Gasteiger partial charge in [-0.2, -0.15) is 0 Å². The minimum atomic E-state index is 0.753. The van der Waals surface area contributed by atoms with Crippen LogP contribution in [0.25, 0.3) is 0 Å². The van der Waals surface area contributed by atoms with Crippen LogP contribution in [0.1, 0.15) is 66.2 Å². The van der Waals surface area contributed by atoms with Crippen LogP contribution in [0.4, 0.5) is 0 Å². The molecule has 4 atom stereocenters. The van der Waals surface area contributed by atoms with Crippen LogP contribution in [0.5, 0.6) is 0 Å². The van der Waals surface area contributed by atoms with Gasteiger partial charge in [0.1, 0.15) is 0 Å². The Morgan fingerprint density at radius 1 is 1.19 bits per heavy atom. The molecule has 1 heteroatoms. The summed E-state index contributed by atoms with van der Waals surface area (Å²) in [4.78, 5) is 0. The molecular weight excluding hydrogens is 194 g/mol. The van der Waals surface area contributed by atoms with E-state index in [1.165, 1.54) is 45.1 Å². The van der Waals surface area contributed by atoms with E-state index in [-0.39, 0.29) is 0 Å². The summed E-state index contributed by atoms with van der Waals surface area (Å²) >= 11 is 0. The molecule has 0 aromatic heterocycles. The Morgan fingerprint density at radius 2 is 1.94 bits per heavy atom. The minimum absolute atomic E-state index is 0.753. The van der Waals surface area contributed by atoms with Crippen molar-refractivity contribution in [2.45, 2.75) is 72.3 Å². The van der Waals surface area contributed by atoms with Crippen molar-refractivity contribution >= 4 is 0 Å². The molecule has 0 aromatic rings. The summed E-state index contributed by atoms with van der Waals surface area (Å²) in [6, 6.07) is 0.753. The maximum absolute atomic E-state index is 3.81. The quantitative estimate of drug-likeness (QED) is 0.684. The van der Waals surface area contributed by atoms with Crippen molar-refractivity contribution in [2.75, 3.05) is 6.54 Å². The average molecular weight is 225 g/mol. The minimum Gasteiger partial charge on any atom is -0.314 e. The van der Waals surface area contributed by atoms with Gasteiger partial charge in [-0.3, -0.25) is 0 Å². The van der Waals surface area contributed by atoms with Gasteiger partial charge in [0, 0.05) is 6.04 Å². The van der Waals surface area contributed by atoms with Crippen LogP contribution >= 0.6 is 0 Å². The summed E-state index contributed by atoms with van der Waals surface area (Å²) in [5, 5.41) is 3.81. The third-order valence-electron chi connectivity index (χ3n) is 4.58. The zero-order valence-electron chi connectivity index (χ0n) is 11.8. The second kappa shape index (κ2) is 7.32. The summed E-state index contributed by atoms with van der Waals surface area (Å²) in [5.41, 5.74) is 0. The molecule has 0 radical (unpaired) electrons. The van der Waals surface area contributed by atoms with E-state index >= 15 is 0 Å². The predicted molar refractivity (Wildman–Crippen MR) is 72.7 cm³/mol. The fourth-order valence-corrected chi connectivity index (χ4v) is 2.89. The smallest absolute Gasteiger partial charge is 0.00670 e. The largest absolute Gasteiger partial charge is 0.314 e. The monoisotopic (exact) mass is 225 g/mol. The highest BCUT2D eigenvalue weighted by molar-refractivity contribution is 4.78. The highest BCUT2D eigenvalue weighted by atomic mass is 14.9. The second-order valence-electron chi connectivity index (χ2n) is 5.93. The molecule has 0 aromatic carbocycles. The second-order valence-corrected chi connectivity index (χ2v) is 5.93. The summed E-state index contributed by atoms with van der Waals surface area (Å²) in [5.74, 6) is 2.78. The summed E-state index contributed by atoms with van der Waals surface area (Å²) < 4.78 is 0. The molecule has 1 aliphatic rings. The van der Waals surface area contributed by atoms with E-state index in [1.54, 1.807) is 0 Å². The fourth-order valence-electron chi connectivity index (χ4n) is 2.89. The SMILES string of the molecule is CCC(C)CC(CC)NCC1CCCC1C. The third-order valence-corrected chi connectivity index (χ3v) is 4.58. The first-order chi connectivity index (χ1) is 7.67. The highest BCUT2D eigenvalue weighted by Gasteiger charge is 2.23. The van der Waals surface area contributed by atoms with E-state index in [2.05, 4.69) is 33.0 Å². The Morgan fingerprint density at radius 3 is 2.44 bits per heavy atom. The van der Waals surface area contributed by atoms with Gasteiger partial charge in [-0.1, -0.05) is 47.0 Å². The van der Waals surface area contributed by atoms with Gasteiger partial charge >= 0.3 is 0 Å². The molecule has 96 valence electrons. The lowest BCUT2D eigenvalue weighted by Gasteiger charge is -2.24. The molecule has 16 heavy (non-hydrogen) atoms. The van der Waals surface area contributed by atoms with Gasteiger partial charge in [-0.15, -0.1) is 0 Å². The average Bonchev–Trinajstić information content (AvgIpc) is 2.69. The first kappa shape index (κ1) is 14.0. The van der Waals surface area contributed by atoms with Crippen molar-refractivity contribution in [2.24, 2.45) is 17.8 Å². The van der Waals surface area contributed by atoms with Crippen LogP contribution in [0, 0.1) is 17.8 Å². The zero-order chi connectivity index (χ0) is 12.0. The third kappa shape index (κ3) is 4.45. The van der Waals surface area contributed by atoms with E-state index in [9.17, 15) is 0 Å². The molecule has 0 bridgehead atoms. The maximum Gasteiger partial charge on any atom is 0.00670 e. The molecule has 0 aliphatic heterocycles. The zero-order valence-corrected chi connectivity index (χ0v) is 11.8. The standard InChI is InChI=1S/C15H31N/c1-5-12(3)10-15(6-2)16-11-14-9-7-8-13(14)4/h12-16H,5-11H2,1-4H3. The van der Waals surface area contributed by atoms with Crippen LogP contribution in [-0.2, 0) is 0 Å². The van der Waals surface area contributed by atoms with Gasteiger partial charge in [0.05, 0.1) is 0 Å². The van der Waals surface area contributed by atoms with Gasteiger partial charge in [0.15, 0.2) is 0 Å². The van der Waals surface area contributed by atoms with Crippen LogP contribution < -0.4 is 5.32 Å². The van der Waals surface area contributed by atoms with Crippen LogP contribution in [0.15, 0.2) is 0 Å². The Balaban J connectivity index is 2.22. The molecule has 1 rings (SSSR count). The molecule has 1 fully saturated rings. The van der Waals surface area contributed by atoms with Crippen LogP contribution in [0.3, 0.4) is 0 Å². The topological polar surface area (TPSA) is 12.0 Å². The van der Waals surface area contributed by atoms with E-state index in [0.29, 0.717) is 0 Å². The predicted octanol–water partition coefficient (Wildman–Crippen LogP) is 4.23. The van der Waals surface area contributed by atoms with Crippen molar-refractivity contribution in [1.29, 1.82) is 0 Å². The van der Waals surface area contributed by atoms with Crippen LogP contribution in [0.2, 0.25) is 0 Å². The molecule has 1 nitrogen and oxygen atoms in total. The van der Waals surface area contributed by atoms with E-state index in [0.717, 1.165) is 23.8 Å². The number of hydrogen-bond donors (Lipinski definition) is 1. The summed E-state index contributed by atoms with van der Waals surface area (Å²) in [7, 11) is 0. The van der Waals surface area contributed by atoms with Gasteiger partial charge in [0.2, 0.25) is 0 Å². The highest BCUT2D eigenvalue weighted by Crippen LogP contribution is 2.30. The van der Waals surface area contributed by atoms with Crippen molar-refractivity contribution in [1.82, 2.24) is 5.32 Å². The molecule has 1 saturated carbocycles. The van der Waals surface area contributed by atoms with E-state index in [1.807, 2.05) is 0 Å². The molecule has 1 aliphatic carbocycles. The Labute approximate surface area is 102 Å². The van der Waals surface area contributed by atoms with Gasteiger partial charge in [-0.25, -0.2) is 0 Å². The lowest BCUT2D eigenvalue weighted by atomic mass is 9.95. The Kier molecular flexibility index (Phi) is 6.41. The van der Waals surface area contributed by atoms with Crippen LogP contribution in [-0.4, -0.2) is 12.6 Å². The molecule has 0 heterocycles. The Bertz CT molecular complexity index is 178. The van der Waals surface area contributed by atoms with Gasteiger partial charge in [0.25, 0.3) is 0 Å². The molecule has 4 unspecified atom stereocenters. The van der Waals surface area contributed by atoms with Gasteiger partial charge in [-0.05, 0) is 43.6 Å². The molecule has 0 spiro atoms. The summed E-state index contributed by atoms with van der Waals surface area (Å²) in [6.45, 7) is 10.7. The number of nitrogens with one attached hydrogen (secondary N) is 1. The van der Waals surface area contributed by atoms with Crippen molar-refractivity contribution < 1.29 is 0 Å².